The second-order valence-corrected chi connectivity index (χ2v) is 2.50. The molecule has 0 atom stereocenters. The first kappa shape index (κ1) is 8.74. The maximum absolute atomic E-state index is 10.2. The zero-order valence-electron chi connectivity index (χ0n) is 5.99. The van der Waals surface area contributed by atoms with Gasteiger partial charge in [0.05, 0.1) is 0 Å². The average molecular weight is 183 g/mol. The molecule has 0 spiro atoms. The molecule has 0 aromatic heterocycles. The van der Waals surface area contributed by atoms with Gasteiger partial charge < -0.3 is 5.21 Å². The fourth-order valence-electron chi connectivity index (χ4n) is 0.773. The Kier molecular flexibility index (Phi) is 2.82. The van der Waals surface area contributed by atoms with E-state index in [2.05, 4.69) is 5.16 Å². The van der Waals surface area contributed by atoms with Gasteiger partial charge in [0.1, 0.15) is 0 Å². The van der Waals surface area contributed by atoms with Crippen LogP contribution in [-0.4, -0.2) is 17.2 Å². The maximum atomic E-state index is 10.2. The minimum atomic E-state index is -0.155. The van der Waals surface area contributed by atoms with Gasteiger partial charge in [-0.3, -0.25) is 4.79 Å². The van der Waals surface area contributed by atoms with Gasteiger partial charge in [0.25, 0.3) is 6.29 Å². The lowest BCUT2D eigenvalue weighted by atomic mass is 10.1. The van der Waals surface area contributed by atoms with Gasteiger partial charge in [-0.15, -0.1) is 0 Å². The lowest BCUT2D eigenvalue weighted by Gasteiger charge is -1.95. The molecule has 4 heteroatoms. The molecular weight excluding hydrogens is 178 g/mol. The summed E-state index contributed by atoms with van der Waals surface area (Å²) >= 11 is 5.64. The lowest BCUT2D eigenvalue weighted by molar-refractivity contribution is 0.320. The van der Waals surface area contributed by atoms with Gasteiger partial charge in [-0.1, -0.05) is 28.9 Å². The highest BCUT2D eigenvalue weighted by molar-refractivity contribution is 6.37. The molecule has 1 radical (unpaired) electrons. The number of rotatable bonds is 2. The van der Waals surface area contributed by atoms with E-state index in [0.717, 1.165) is 0 Å². The smallest absolute Gasteiger partial charge is 0.257 e. The van der Waals surface area contributed by atoms with Gasteiger partial charge in [-0.2, -0.15) is 0 Å². The van der Waals surface area contributed by atoms with Crippen molar-refractivity contribution in [3.05, 3.63) is 34.9 Å². The summed E-state index contributed by atoms with van der Waals surface area (Å²) in [5.41, 5.74) is 0.289. The molecule has 0 amide bonds. The molecule has 0 unspecified atom stereocenters. The molecular formula is C8H5ClNO2. The number of hydrogen-bond acceptors (Lipinski definition) is 3. The second-order valence-electron chi connectivity index (χ2n) is 2.06. The number of benzene rings is 1. The zero-order chi connectivity index (χ0) is 8.97. The van der Waals surface area contributed by atoms with Crippen LogP contribution in [0.3, 0.4) is 0 Å². The first-order chi connectivity index (χ1) is 5.77. The number of halogens is 1. The SMILES string of the molecule is O=[C]C(=NO)c1cccc(Cl)c1. The van der Waals surface area contributed by atoms with E-state index in [1.54, 1.807) is 18.2 Å². The molecule has 1 N–H and O–H groups in total. The monoisotopic (exact) mass is 182 g/mol. The van der Waals surface area contributed by atoms with Crippen LogP contribution in [0.25, 0.3) is 0 Å². The molecule has 0 heterocycles. The molecule has 0 bridgehead atoms. The molecule has 0 fully saturated rings. The van der Waals surface area contributed by atoms with Crippen molar-refractivity contribution in [2.75, 3.05) is 0 Å². The summed E-state index contributed by atoms with van der Waals surface area (Å²) in [6, 6.07) is 6.43. The van der Waals surface area contributed by atoms with Crippen LogP contribution in [0.4, 0.5) is 0 Å². The van der Waals surface area contributed by atoms with Gasteiger partial charge in [0.2, 0.25) is 0 Å². The average Bonchev–Trinajstić information content (AvgIpc) is 2.07. The third-order valence-electron chi connectivity index (χ3n) is 1.29. The van der Waals surface area contributed by atoms with Gasteiger partial charge in [-0.05, 0) is 12.1 Å². The van der Waals surface area contributed by atoms with E-state index in [0.29, 0.717) is 10.6 Å². The maximum Gasteiger partial charge on any atom is 0.257 e. The van der Waals surface area contributed by atoms with Gasteiger partial charge in [0.15, 0.2) is 5.71 Å². The van der Waals surface area contributed by atoms with Crippen molar-refractivity contribution in [3.8, 4) is 0 Å². The Bertz CT molecular complexity index is 323. The van der Waals surface area contributed by atoms with Crippen LogP contribution in [0.15, 0.2) is 29.4 Å². The Labute approximate surface area is 74.3 Å². The van der Waals surface area contributed by atoms with Crippen molar-refractivity contribution in [2.45, 2.75) is 0 Å². The molecule has 61 valence electrons. The summed E-state index contributed by atoms with van der Waals surface area (Å²) in [5, 5.41) is 11.6. The van der Waals surface area contributed by atoms with Gasteiger partial charge >= 0.3 is 0 Å². The van der Waals surface area contributed by atoms with E-state index in [1.165, 1.54) is 12.4 Å². The van der Waals surface area contributed by atoms with Crippen LogP contribution in [-0.2, 0) is 4.79 Å². The normalized spacial score (nSPS) is 11.2. The van der Waals surface area contributed by atoms with E-state index in [1.807, 2.05) is 0 Å². The van der Waals surface area contributed by atoms with Crippen LogP contribution in [0, 0.1) is 0 Å². The van der Waals surface area contributed by atoms with Crippen LogP contribution in [0.5, 0.6) is 0 Å². The zero-order valence-corrected chi connectivity index (χ0v) is 6.75. The van der Waals surface area contributed by atoms with Crippen molar-refractivity contribution in [3.63, 3.8) is 0 Å². The molecule has 0 saturated heterocycles. The Morgan fingerprint density at radius 1 is 1.58 bits per heavy atom. The third kappa shape index (κ3) is 1.83. The fraction of sp³-hybridized carbons (Fsp3) is 0. The molecule has 0 aliphatic heterocycles. The highest BCUT2D eigenvalue weighted by atomic mass is 35.5. The predicted molar refractivity (Wildman–Crippen MR) is 45.5 cm³/mol. The Morgan fingerprint density at radius 3 is 2.83 bits per heavy atom. The van der Waals surface area contributed by atoms with Gasteiger partial charge in [0, 0.05) is 10.6 Å². The van der Waals surface area contributed by atoms with Crippen LogP contribution < -0.4 is 0 Å². The van der Waals surface area contributed by atoms with E-state index in [4.69, 9.17) is 16.8 Å². The molecule has 3 nitrogen and oxygen atoms in total. The lowest BCUT2D eigenvalue weighted by Crippen LogP contribution is -2.01. The molecule has 12 heavy (non-hydrogen) atoms. The first-order valence-corrected chi connectivity index (χ1v) is 3.52. The Morgan fingerprint density at radius 2 is 2.33 bits per heavy atom. The van der Waals surface area contributed by atoms with Crippen molar-refractivity contribution in [1.29, 1.82) is 0 Å². The summed E-state index contributed by atoms with van der Waals surface area (Å²) in [4.78, 5) is 10.2. The Hall–Kier alpha value is -1.35. The number of nitrogens with zero attached hydrogens (tertiary/aromatic N) is 1. The minimum absolute atomic E-state index is 0.155. The Balaban J connectivity index is 3.10. The highest BCUT2D eigenvalue weighted by Gasteiger charge is 2.03. The number of hydrogen-bond donors (Lipinski definition) is 1. The molecule has 1 aromatic carbocycles. The summed E-state index contributed by atoms with van der Waals surface area (Å²) < 4.78 is 0. The number of carbonyl (C=O) groups excluding carboxylic acids is 1. The molecule has 0 aliphatic rings. The van der Waals surface area contributed by atoms with Crippen LogP contribution >= 0.6 is 11.6 Å². The summed E-state index contributed by atoms with van der Waals surface area (Å²) in [5.74, 6) is 0. The summed E-state index contributed by atoms with van der Waals surface area (Å²) in [6.07, 6.45) is 1.49. The minimum Gasteiger partial charge on any atom is -0.410 e. The van der Waals surface area contributed by atoms with E-state index >= 15 is 0 Å². The van der Waals surface area contributed by atoms with E-state index in [-0.39, 0.29) is 5.71 Å². The summed E-state index contributed by atoms with van der Waals surface area (Å²) in [6.45, 7) is 0. The van der Waals surface area contributed by atoms with Crippen molar-refractivity contribution in [2.24, 2.45) is 5.16 Å². The van der Waals surface area contributed by atoms with Crippen LogP contribution in [0.1, 0.15) is 5.56 Å². The fourth-order valence-corrected chi connectivity index (χ4v) is 0.963. The molecule has 1 aromatic rings. The summed E-state index contributed by atoms with van der Waals surface area (Å²) in [7, 11) is 0. The largest absolute Gasteiger partial charge is 0.410 e. The van der Waals surface area contributed by atoms with Crippen molar-refractivity contribution < 1.29 is 10.0 Å². The third-order valence-corrected chi connectivity index (χ3v) is 1.53. The van der Waals surface area contributed by atoms with E-state index in [9.17, 15) is 4.79 Å². The number of oxime groups is 1. The molecule has 0 saturated carbocycles. The van der Waals surface area contributed by atoms with Crippen LogP contribution in [0.2, 0.25) is 5.02 Å². The first-order valence-electron chi connectivity index (χ1n) is 3.14. The molecule has 1 rings (SSSR count). The quantitative estimate of drug-likeness (QED) is 0.429. The standard InChI is InChI=1S/C8H5ClNO2/c9-7-3-1-2-6(4-7)8(5-11)10-12/h1-4,12H. The molecule has 0 aliphatic carbocycles. The second kappa shape index (κ2) is 3.88. The topological polar surface area (TPSA) is 49.7 Å². The van der Waals surface area contributed by atoms with E-state index < -0.39 is 0 Å². The van der Waals surface area contributed by atoms with Gasteiger partial charge in [-0.25, -0.2) is 0 Å². The van der Waals surface area contributed by atoms with Crippen molar-refractivity contribution in [1.82, 2.24) is 0 Å². The predicted octanol–water partition coefficient (Wildman–Crippen LogP) is 1.63. The highest BCUT2D eigenvalue weighted by Crippen LogP contribution is 2.10. The van der Waals surface area contributed by atoms with Crippen molar-refractivity contribution >= 4 is 23.6 Å².